The molecule has 0 spiro atoms. The molecule has 2 saturated heterocycles. The van der Waals surface area contributed by atoms with Crippen molar-refractivity contribution in [3.8, 4) is 0 Å². The lowest BCUT2D eigenvalue weighted by atomic mass is 10.1. The molecule has 7 heteroatoms. The van der Waals surface area contributed by atoms with E-state index < -0.39 is 17.8 Å². The molecule has 4 rings (SSSR count). The van der Waals surface area contributed by atoms with Crippen molar-refractivity contribution in [1.29, 1.82) is 0 Å². The second kappa shape index (κ2) is 8.41. The van der Waals surface area contributed by atoms with Gasteiger partial charge in [-0.05, 0) is 61.2 Å². The van der Waals surface area contributed by atoms with Crippen LogP contribution in [0.5, 0.6) is 0 Å². The van der Waals surface area contributed by atoms with E-state index in [1.807, 2.05) is 25.1 Å². The number of benzene rings is 2. The Morgan fingerprint density at radius 2 is 1.83 bits per heavy atom. The third-order valence-electron chi connectivity index (χ3n) is 5.35. The predicted octanol–water partition coefficient (Wildman–Crippen LogP) is 3.13. The SMILES string of the molecule is Cc1cc(N2CCCC2)ccc1/C=C1/NC(=O)N(CC(=O)Nc2ccccc2)C1=O. The summed E-state index contributed by atoms with van der Waals surface area (Å²) in [6.45, 7) is 3.77. The zero-order valence-corrected chi connectivity index (χ0v) is 16.9. The van der Waals surface area contributed by atoms with Crippen LogP contribution in [0.1, 0.15) is 24.0 Å². The largest absolute Gasteiger partial charge is 0.372 e. The minimum Gasteiger partial charge on any atom is -0.372 e. The number of amides is 4. The zero-order chi connectivity index (χ0) is 21.1. The van der Waals surface area contributed by atoms with E-state index in [2.05, 4.69) is 21.6 Å². The van der Waals surface area contributed by atoms with Crippen LogP contribution in [0.3, 0.4) is 0 Å². The zero-order valence-electron chi connectivity index (χ0n) is 16.9. The first kappa shape index (κ1) is 19.7. The Bertz CT molecular complexity index is 1010. The van der Waals surface area contributed by atoms with E-state index in [4.69, 9.17) is 0 Å². The van der Waals surface area contributed by atoms with Crippen molar-refractivity contribution in [2.75, 3.05) is 29.9 Å². The fourth-order valence-electron chi connectivity index (χ4n) is 3.73. The summed E-state index contributed by atoms with van der Waals surface area (Å²) >= 11 is 0. The maximum Gasteiger partial charge on any atom is 0.329 e. The predicted molar refractivity (Wildman–Crippen MR) is 116 cm³/mol. The molecule has 30 heavy (non-hydrogen) atoms. The van der Waals surface area contributed by atoms with Crippen LogP contribution in [0, 0.1) is 6.92 Å². The van der Waals surface area contributed by atoms with E-state index in [1.54, 1.807) is 30.3 Å². The van der Waals surface area contributed by atoms with E-state index in [0.717, 1.165) is 29.1 Å². The Balaban J connectivity index is 1.45. The highest BCUT2D eigenvalue weighted by Gasteiger charge is 2.35. The van der Waals surface area contributed by atoms with Gasteiger partial charge in [0.1, 0.15) is 12.2 Å². The van der Waals surface area contributed by atoms with Gasteiger partial charge in [0.25, 0.3) is 5.91 Å². The van der Waals surface area contributed by atoms with Gasteiger partial charge in [-0.1, -0.05) is 24.3 Å². The molecular weight excluding hydrogens is 380 g/mol. The monoisotopic (exact) mass is 404 g/mol. The van der Waals surface area contributed by atoms with Crippen LogP contribution < -0.4 is 15.5 Å². The maximum absolute atomic E-state index is 12.7. The van der Waals surface area contributed by atoms with E-state index >= 15 is 0 Å². The molecule has 2 aromatic carbocycles. The Kier molecular flexibility index (Phi) is 5.52. The van der Waals surface area contributed by atoms with Crippen molar-refractivity contribution >= 4 is 35.3 Å². The molecule has 0 aromatic heterocycles. The van der Waals surface area contributed by atoms with Gasteiger partial charge in [0.2, 0.25) is 5.91 Å². The minimum absolute atomic E-state index is 0.171. The molecule has 2 aliphatic rings. The Labute approximate surface area is 175 Å². The van der Waals surface area contributed by atoms with Crippen molar-refractivity contribution in [2.24, 2.45) is 0 Å². The van der Waals surface area contributed by atoms with Crippen molar-refractivity contribution in [1.82, 2.24) is 10.2 Å². The molecule has 2 N–H and O–H groups in total. The fourth-order valence-corrected chi connectivity index (χ4v) is 3.73. The number of rotatable bonds is 5. The van der Waals surface area contributed by atoms with E-state index in [-0.39, 0.29) is 12.2 Å². The highest BCUT2D eigenvalue weighted by atomic mass is 16.2. The first-order valence-electron chi connectivity index (χ1n) is 10.1. The molecular formula is C23H24N4O3. The van der Waals surface area contributed by atoms with Gasteiger partial charge in [0, 0.05) is 24.5 Å². The van der Waals surface area contributed by atoms with Gasteiger partial charge in [-0.2, -0.15) is 0 Å². The molecule has 2 aliphatic heterocycles. The lowest BCUT2D eigenvalue weighted by Gasteiger charge is -2.18. The molecule has 0 bridgehead atoms. The van der Waals surface area contributed by atoms with Crippen LogP contribution in [0.15, 0.2) is 54.2 Å². The number of para-hydroxylation sites is 1. The number of carbonyl (C=O) groups is 3. The van der Waals surface area contributed by atoms with Gasteiger partial charge in [-0.3, -0.25) is 9.59 Å². The van der Waals surface area contributed by atoms with Crippen LogP contribution >= 0.6 is 0 Å². The number of nitrogens with one attached hydrogen (secondary N) is 2. The molecule has 0 atom stereocenters. The topological polar surface area (TPSA) is 81.8 Å². The lowest BCUT2D eigenvalue weighted by molar-refractivity contribution is -0.127. The van der Waals surface area contributed by atoms with Gasteiger partial charge < -0.3 is 15.5 Å². The smallest absolute Gasteiger partial charge is 0.329 e. The van der Waals surface area contributed by atoms with Crippen LogP contribution in [0.25, 0.3) is 6.08 Å². The number of hydrogen-bond donors (Lipinski definition) is 2. The number of urea groups is 1. The molecule has 0 radical (unpaired) electrons. The molecule has 0 saturated carbocycles. The van der Waals surface area contributed by atoms with Crippen molar-refractivity contribution < 1.29 is 14.4 Å². The van der Waals surface area contributed by atoms with Gasteiger partial charge in [-0.25, -0.2) is 9.69 Å². The van der Waals surface area contributed by atoms with Crippen LogP contribution in [0.4, 0.5) is 16.2 Å². The molecule has 7 nitrogen and oxygen atoms in total. The van der Waals surface area contributed by atoms with E-state index in [0.29, 0.717) is 5.69 Å². The van der Waals surface area contributed by atoms with Crippen molar-refractivity contribution in [3.63, 3.8) is 0 Å². The third-order valence-corrected chi connectivity index (χ3v) is 5.35. The number of hydrogen-bond acceptors (Lipinski definition) is 4. The third kappa shape index (κ3) is 4.20. The second-order valence-electron chi connectivity index (χ2n) is 7.53. The summed E-state index contributed by atoms with van der Waals surface area (Å²) in [5, 5.41) is 5.26. The van der Waals surface area contributed by atoms with Gasteiger partial charge in [0.05, 0.1) is 0 Å². The Morgan fingerprint density at radius 1 is 1.10 bits per heavy atom. The maximum atomic E-state index is 12.7. The van der Waals surface area contributed by atoms with E-state index in [1.165, 1.54) is 18.5 Å². The summed E-state index contributed by atoms with van der Waals surface area (Å²) < 4.78 is 0. The minimum atomic E-state index is -0.596. The molecule has 2 aromatic rings. The van der Waals surface area contributed by atoms with Crippen LogP contribution in [0.2, 0.25) is 0 Å². The second-order valence-corrected chi connectivity index (χ2v) is 7.53. The highest BCUT2D eigenvalue weighted by molar-refractivity contribution is 6.16. The first-order valence-corrected chi connectivity index (χ1v) is 10.1. The first-order chi connectivity index (χ1) is 14.5. The molecule has 2 heterocycles. The average molecular weight is 404 g/mol. The van der Waals surface area contributed by atoms with Gasteiger partial charge in [-0.15, -0.1) is 0 Å². The number of anilines is 2. The lowest BCUT2D eigenvalue weighted by Crippen LogP contribution is -2.38. The molecule has 2 fully saturated rings. The number of nitrogens with zero attached hydrogens (tertiary/aromatic N) is 2. The van der Waals surface area contributed by atoms with Gasteiger partial charge in [0.15, 0.2) is 0 Å². The summed E-state index contributed by atoms with van der Waals surface area (Å²) in [7, 11) is 0. The normalized spacial score (nSPS) is 17.6. The quantitative estimate of drug-likeness (QED) is 0.593. The molecule has 154 valence electrons. The highest BCUT2D eigenvalue weighted by Crippen LogP contribution is 2.25. The van der Waals surface area contributed by atoms with Crippen LogP contribution in [-0.4, -0.2) is 42.4 Å². The van der Waals surface area contributed by atoms with Gasteiger partial charge >= 0.3 is 6.03 Å². The Hall–Kier alpha value is -3.61. The van der Waals surface area contributed by atoms with Crippen molar-refractivity contribution in [3.05, 3.63) is 65.4 Å². The summed E-state index contributed by atoms with van der Waals surface area (Å²) in [6.07, 6.45) is 4.08. The number of imide groups is 1. The average Bonchev–Trinajstić information content (AvgIpc) is 3.35. The van der Waals surface area contributed by atoms with E-state index in [9.17, 15) is 14.4 Å². The fraction of sp³-hybridized carbons (Fsp3) is 0.261. The van der Waals surface area contributed by atoms with Crippen LogP contribution in [-0.2, 0) is 9.59 Å². The molecule has 0 aliphatic carbocycles. The van der Waals surface area contributed by atoms with Crippen molar-refractivity contribution in [2.45, 2.75) is 19.8 Å². The standard InChI is InChI=1S/C23H24N4O3/c1-16-13-19(26-11-5-6-12-26)10-9-17(16)14-20-22(29)27(23(30)25-20)15-21(28)24-18-7-3-2-4-8-18/h2-4,7-10,13-14H,5-6,11-12,15H2,1H3,(H,24,28)(H,25,30)/b20-14+. The summed E-state index contributed by atoms with van der Waals surface area (Å²) in [5.41, 5.74) is 3.84. The number of aryl methyl sites for hydroxylation is 1. The molecule has 0 unspecified atom stereocenters. The summed E-state index contributed by atoms with van der Waals surface area (Å²) in [6, 6.07) is 14.4. The Morgan fingerprint density at radius 3 is 2.53 bits per heavy atom. The summed E-state index contributed by atoms with van der Waals surface area (Å²) in [5.74, 6) is -0.941. The summed E-state index contributed by atoms with van der Waals surface area (Å²) in [4.78, 5) is 40.4. The molecule has 4 amide bonds. The number of carbonyl (C=O) groups excluding carboxylic acids is 3.